The third kappa shape index (κ3) is 5.20. The molecule has 0 radical (unpaired) electrons. The van der Waals surface area contributed by atoms with Gasteiger partial charge in [0.25, 0.3) is 5.91 Å². The minimum Gasteiger partial charge on any atom is -0.443 e. The van der Waals surface area contributed by atoms with Crippen LogP contribution in [0.5, 0.6) is 0 Å². The van der Waals surface area contributed by atoms with Gasteiger partial charge < -0.3 is 24.3 Å². The standard InChI is InChI=1S/C33H40N6O4/c1-33(2,3)43-32(41)38-17-23-22(27-16-34-29-15-20-14-26(20)39(27)29)6-8-24(30(23)31(38)40)35-28-9-7-21(19-10-12-42-13-11-19)25(36-28)18-37(4)5/h6-9,16,19-20,26H,10-15,17-18H2,1-5H3,(H,35,36). The summed E-state index contributed by atoms with van der Waals surface area (Å²) in [7, 11) is 4.09. The van der Waals surface area contributed by atoms with Crippen LogP contribution in [0.1, 0.15) is 85.0 Å². The summed E-state index contributed by atoms with van der Waals surface area (Å²) in [6.07, 6.45) is 5.42. The molecule has 1 N–H and O–H groups in total. The van der Waals surface area contributed by atoms with Gasteiger partial charge in [-0.05, 0) is 89.2 Å². The van der Waals surface area contributed by atoms with Gasteiger partial charge in [0, 0.05) is 37.8 Å². The zero-order valence-corrected chi connectivity index (χ0v) is 25.6. The van der Waals surface area contributed by atoms with Crippen LogP contribution in [0, 0.1) is 5.92 Å². The van der Waals surface area contributed by atoms with E-state index in [1.54, 1.807) is 20.8 Å². The summed E-state index contributed by atoms with van der Waals surface area (Å²) in [4.78, 5) is 40.3. The maximum absolute atomic E-state index is 14.0. The number of pyridine rings is 1. The molecule has 10 nitrogen and oxygen atoms in total. The van der Waals surface area contributed by atoms with E-state index in [-0.39, 0.29) is 12.5 Å². The van der Waals surface area contributed by atoms with Gasteiger partial charge in [0.05, 0.1) is 35.4 Å². The molecule has 3 aromatic rings. The monoisotopic (exact) mass is 584 g/mol. The van der Waals surface area contributed by atoms with Gasteiger partial charge in [-0.3, -0.25) is 4.79 Å². The Balaban J connectivity index is 1.27. The van der Waals surface area contributed by atoms with E-state index in [0.717, 1.165) is 60.8 Å². The highest BCUT2D eigenvalue weighted by molar-refractivity contribution is 6.11. The van der Waals surface area contributed by atoms with Crippen LogP contribution < -0.4 is 5.32 Å². The van der Waals surface area contributed by atoms with Gasteiger partial charge in [-0.15, -0.1) is 0 Å². The number of carbonyl (C=O) groups is 2. The fraction of sp³-hybridized carbons (Fsp3) is 0.515. The zero-order chi connectivity index (χ0) is 30.0. The molecule has 7 rings (SSSR count). The van der Waals surface area contributed by atoms with Crippen molar-refractivity contribution in [1.82, 2.24) is 24.3 Å². The van der Waals surface area contributed by atoms with E-state index >= 15 is 0 Å². The molecule has 2 fully saturated rings. The number of carbonyl (C=O) groups excluding carboxylic acids is 2. The van der Waals surface area contributed by atoms with Crippen LogP contribution in [0.15, 0.2) is 30.5 Å². The van der Waals surface area contributed by atoms with E-state index in [1.165, 1.54) is 16.9 Å². The molecular weight excluding hydrogens is 544 g/mol. The molecule has 43 heavy (non-hydrogen) atoms. The molecule has 1 aliphatic carbocycles. The normalized spacial score (nSPS) is 21.2. The average Bonchev–Trinajstić information content (AvgIpc) is 3.24. The van der Waals surface area contributed by atoms with E-state index in [0.29, 0.717) is 41.5 Å². The number of aromatic nitrogens is 3. The summed E-state index contributed by atoms with van der Waals surface area (Å²) >= 11 is 0. The number of anilines is 2. The molecule has 10 heteroatoms. The van der Waals surface area contributed by atoms with Crippen molar-refractivity contribution in [1.29, 1.82) is 0 Å². The average molecular weight is 585 g/mol. The largest absolute Gasteiger partial charge is 0.443 e. The van der Waals surface area contributed by atoms with Crippen LogP contribution in [0.2, 0.25) is 0 Å². The van der Waals surface area contributed by atoms with Gasteiger partial charge in [0.2, 0.25) is 0 Å². The fourth-order valence-electron chi connectivity index (χ4n) is 6.88. The van der Waals surface area contributed by atoms with E-state index in [1.807, 2.05) is 38.5 Å². The summed E-state index contributed by atoms with van der Waals surface area (Å²) in [5.41, 5.74) is 5.41. The number of nitrogens with zero attached hydrogens (tertiary/aromatic N) is 5. The number of hydrogen-bond donors (Lipinski definition) is 1. The highest BCUT2D eigenvalue weighted by Crippen LogP contribution is 2.54. The molecule has 4 aliphatic rings. The highest BCUT2D eigenvalue weighted by Gasteiger charge is 2.48. The van der Waals surface area contributed by atoms with Crippen LogP contribution in [-0.2, 0) is 29.0 Å². The molecule has 3 aliphatic heterocycles. The number of benzene rings is 1. The van der Waals surface area contributed by atoms with Crippen LogP contribution in [0.4, 0.5) is 16.3 Å². The van der Waals surface area contributed by atoms with Crippen molar-refractivity contribution >= 4 is 23.5 Å². The number of hydrogen-bond acceptors (Lipinski definition) is 8. The maximum Gasteiger partial charge on any atom is 0.417 e. The molecule has 2 atom stereocenters. The number of fused-ring (bicyclic) bond motifs is 4. The summed E-state index contributed by atoms with van der Waals surface area (Å²) in [6, 6.07) is 8.61. The second kappa shape index (κ2) is 10.4. The van der Waals surface area contributed by atoms with Crippen molar-refractivity contribution in [3.8, 4) is 11.3 Å². The molecule has 2 amide bonds. The third-order valence-corrected chi connectivity index (χ3v) is 8.91. The summed E-state index contributed by atoms with van der Waals surface area (Å²) in [5, 5.41) is 3.45. The summed E-state index contributed by atoms with van der Waals surface area (Å²) in [6.45, 7) is 7.80. The minimum absolute atomic E-state index is 0.143. The molecule has 0 spiro atoms. The van der Waals surface area contributed by atoms with Gasteiger partial charge in [-0.25, -0.2) is 19.7 Å². The Bertz CT molecular complexity index is 1600. The van der Waals surface area contributed by atoms with Gasteiger partial charge in [0.1, 0.15) is 17.2 Å². The highest BCUT2D eigenvalue weighted by atomic mass is 16.6. The van der Waals surface area contributed by atoms with Crippen molar-refractivity contribution in [2.24, 2.45) is 5.92 Å². The van der Waals surface area contributed by atoms with E-state index in [4.69, 9.17) is 19.4 Å². The van der Waals surface area contributed by atoms with Gasteiger partial charge in [0.15, 0.2) is 0 Å². The Morgan fingerprint density at radius 3 is 2.70 bits per heavy atom. The third-order valence-electron chi connectivity index (χ3n) is 8.91. The Morgan fingerprint density at radius 2 is 1.95 bits per heavy atom. The SMILES string of the molecule is CN(C)Cc1nc(Nc2ccc(-c3cnc4n3C3CC3C4)c3c2C(=O)N(C(=O)OC(C)(C)C)C3)ccc1C1CCOCC1. The van der Waals surface area contributed by atoms with Crippen molar-refractivity contribution in [3.05, 3.63) is 58.7 Å². The van der Waals surface area contributed by atoms with Crippen LogP contribution in [0.25, 0.3) is 11.3 Å². The van der Waals surface area contributed by atoms with Crippen LogP contribution in [-0.4, -0.2) is 69.2 Å². The Hall–Kier alpha value is -3.76. The minimum atomic E-state index is -0.720. The topological polar surface area (TPSA) is 102 Å². The first-order valence-electron chi connectivity index (χ1n) is 15.3. The molecule has 1 saturated heterocycles. The number of nitrogens with one attached hydrogen (secondary N) is 1. The predicted molar refractivity (Wildman–Crippen MR) is 162 cm³/mol. The smallest absolute Gasteiger partial charge is 0.417 e. The number of amides is 2. The van der Waals surface area contributed by atoms with Crippen molar-refractivity contribution in [3.63, 3.8) is 0 Å². The summed E-state index contributed by atoms with van der Waals surface area (Å²) in [5.74, 6) is 2.48. The van der Waals surface area contributed by atoms with Gasteiger partial charge >= 0.3 is 6.09 Å². The molecule has 1 saturated carbocycles. The molecule has 0 bridgehead atoms. The first kappa shape index (κ1) is 28.0. The first-order valence-corrected chi connectivity index (χ1v) is 15.3. The lowest BCUT2D eigenvalue weighted by molar-refractivity contribution is 0.0248. The molecule has 226 valence electrons. The number of imidazole rings is 1. The van der Waals surface area contributed by atoms with Crippen molar-refractivity contribution in [2.45, 2.75) is 77.1 Å². The van der Waals surface area contributed by atoms with Gasteiger partial charge in [-0.1, -0.05) is 12.1 Å². The van der Waals surface area contributed by atoms with Crippen molar-refractivity contribution < 1.29 is 19.1 Å². The lowest BCUT2D eigenvalue weighted by Gasteiger charge is -2.25. The van der Waals surface area contributed by atoms with E-state index < -0.39 is 11.7 Å². The Kier molecular flexibility index (Phi) is 6.81. The maximum atomic E-state index is 14.0. The molecule has 2 aromatic heterocycles. The first-order chi connectivity index (χ1) is 20.6. The summed E-state index contributed by atoms with van der Waals surface area (Å²) < 4.78 is 13.6. The molecular formula is C33H40N6O4. The zero-order valence-electron chi connectivity index (χ0n) is 25.6. The molecule has 2 unspecified atom stereocenters. The lowest BCUT2D eigenvalue weighted by atomic mass is 9.90. The predicted octanol–water partition coefficient (Wildman–Crippen LogP) is 5.65. The lowest BCUT2D eigenvalue weighted by Crippen LogP contribution is -2.37. The number of ether oxygens (including phenoxy) is 2. The molecule has 1 aromatic carbocycles. The van der Waals surface area contributed by atoms with Crippen LogP contribution in [0.3, 0.4) is 0 Å². The van der Waals surface area contributed by atoms with Gasteiger partial charge in [-0.2, -0.15) is 0 Å². The second-order valence-corrected chi connectivity index (χ2v) is 13.6. The molecule has 5 heterocycles. The van der Waals surface area contributed by atoms with Crippen molar-refractivity contribution in [2.75, 3.05) is 32.6 Å². The number of imide groups is 1. The van der Waals surface area contributed by atoms with Crippen LogP contribution >= 0.6 is 0 Å². The van der Waals surface area contributed by atoms with E-state index in [2.05, 4.69) is 20.9 Å². The Labute approximate surface area is 252 Å². The number of rotatable bonds is 6. The second-order valence-electron chi connectivity index (χ2n) is 13.6. The quantitative estimate of drug-likeness (QED) is 0.397. The Morgan fingerprint density at radius 1 is 1.16 bits per heavy atom. The van der Waals surface area contributed by atoms with E-state index in [9.17, 15) is 9.59 Å². The fourth-order valence-corrected chi connectivity index (χ4v) is 6.88.